The topological polar surface area (TPSA) is 54.6 Å². The lowest BCUT2D eigenvalue weighted by molar-refractivity contribution is -0.137. The summed E-state index contributed by atoms with van der Waals surface area (Å²) in [6.45, 7) is 0. The van der Waals surface area contributed by atoms with Crippen molar-refractivity contribution >= 4 is 45.9 Å². The normalized spacial score (nSPS) is 12.0. The number of rotatable bonds is 3. The average molecular weight is 477 g/mol. The van der Waals surface area contributed by atoms with Gasteiger partial charge in [0.05, 0.1) is 26.9 Å². The number of hydrogen-bond donors (Lipinski definition) is 1. The van der Waals surface area contributed by atoms with Crippen LogP contribution >= 0.6 is 23.2 Å². The second-order valence-electron chi connectivity index (χ2n) is 6.77. The van der Waals surface area contributed by atoms with E-state index in [0.29, 0.717) is 9.95 Å². The molecule has 0 atom stereocenters. The molecule has 4 aromatic rings. The van der Waals surface area contributed by atoms with Gasteiger partial charge >= 0.3 is 6.18 Å². The van der Waals surface area contributed by atoms with Gasteiger partial charge < -0.3 is 5.11 Å². The molecule has 3 aromatic carbocycles. The molecule has 4 rings (SSSR count). The number of para-hydroxylation sites is 2. The second-order valence-corrected chi connectivity index (χ2v) is 7.58. The molecule has 0 bridgehead atoms. The summed E-state index contributed by atoms with van der Waals surface area (Å²) in [6, 6.07) is 15.5. The van der Waals surface area contributed by atoms with Crippen molar-refractivity contribution in [2.24, 2.45) is 4.99 Å². The lowest BCUT2D eigenvalue weighted by Crippen LogP contribution is -2.23. The zero-order valence-corrected chi connectivity index (χ0v) is 17.6. The monoisotopic (exact) mass is 476 g/mol. The summed E-state index contributed by atoms with van der Waals surface area (Å²) in [6.07, 6.45) is -3.52. The smallest absolute Gasteiger partial charge is 0.418 e. The molecule has 0 aliphatic rings. The van der Waals surface area contributed by atoms with Crippen LogP contribution in [0.25, 0.3) is 16.5 Å². The number of pyridine rings is 1. The SMILES string of the molecule is O=c1c2ccccc2c(C=Nc2c(Cl)cccc2Cl)c(O)n1-c1ccccc1C(F)(F)F. The first-order valence-corrected chi connectivity index (χ1v) is 9.97. The van der Waals surface area contributed by atoms with E-state index in [1.807, 2.05) is 0 Å². The van der Waals surface area contributed by atoms with Gasteiger partial charge in [0, 0.05) is 17.0 Å². The van der Waals surface area contributed by atoms with Crippen LogP contribution in [0.15, 0.2) is 76.5 Å². The van der Waals surface area contributed by atoms with Gasteiger partial charge in [-0.1, -0.05) is 59.6 Å². The van der Waals surface area contributed by atoms with Gasteiger partial charge in [0.2, 0.25) is 5.88 Å². The van der Waals surface area contributed by atoms with Crippen molar-refractivity contribution in [3.63, 3.8) is 0 Å². The number of aromatic nitrogens is 1. The molecule has 0 amide bonds. The minimum atomic E-state index is -4.74. The van der Waals surface area contributed by atoms with Crippen LogP contribution in [-0.4, -0.2) is 15.9 Å². The van der Waals surface area contributed by atoms with E-state index in [2.05, 4.69) is 4.99 Å². The number of aliphatic imine (C=N–C) groups is 1. The van der Waals surface area contributed by atoms with E-state index >= 15 is 0 Å². The molecule has 0 aliphatic heterocycles. The Bertz CT molecular complexity index is 1410. The molecule has 0 radical (unpaired) electrons. The number of alkyl halides is 3. The highest BCUT2D eigenvalue weighted by Gasteiger charge is 2.34. The predicted molar refractivity (Wildman–Crippen MR) is 120 cm³/mol. The largest absolute Gasteiger partial charge is 0.494 e. The van der Waals surface area contributed by atoms with Crippen LogP contribution in [0.5, 0.6) is 5.88 Å². The lowest BCUT2D eigenvalue weighted by atomic mass is 10.1. The zero-order valence-electron chi connectivity index (χ0n) is 16.1. The van der Waals surface area contributed by atoms with Gasteiger partial charge in [0.1, 0.15) is 5.69 Å². The van der Waals surface area contributed by atoms with Crippen LogP contribution < -0.4 is 5.56 Å². The molecule has 0 saturated carbocycles. The molecule has 1 aromatic heterocycles. The Balaban J connectivity index is 2.05. The summed E-state index contributed by atoms with van der Waals surface area (Å²) in [4.78, 5) is 17.3. The molecule has 1 heterocycles. The molecule has 4 nitrogen and oxygen atoms in total. The third-order valence-corrected chi connectivity index (χ3v) is 5.42. The second kappa shape index (κ2) is 8.33. The Morgan fingerprint density at radius 2 is 1.47 bits per heavy atom. The Kier molecular flexibility index (Phi) is 5.71. The van der Waals surface area contributed by atoms with Gasteiger partial charge in [-0.05, 0) is 30.3 Å². The summed E-state index contributed by atoms with van der Waals surface area (Å²) in [5.41, 5.74) is -2.12. The van der Waals surface area contributed by atoms with Crippen molar-refractivity contribution in [2.45, 2.75) is 6.18 Å². The maximum Gasteiger partial charge on any atom is 0.418 e. The van der Waals surface area contributed by atoms with Crippen LogP contribution in [-0.2, 0) is 6.18 Å². The molecule has 0 saturated heterocycles. The number of halogens is 5. The predicted octanol–water partition coefficient (Wildman–Crippen LogP) is 6.77. The van der Waals surface area contributed by atoms with Gasteiger partial charge in [-0.3, -0.25) is 9.79 Å². The van der Waals surface area contributed by atoms with Crippen molar-refractivity contribution in [1.29, 1.82) is 0 Å². The number of nitrogens with zero attached hydrogens (tertiary/aromatic N) is 2. The molecule has 0 fully saturated rings. The van der Waals surface area contributed by atoms with Gasteiger partial charge in [0.15, 0.2) is 0 Å². The zero-order chi connectivity index (χ0) is 23.0. The van der Waals surface area contributed by atoms with Crippen molar-refractivity contribution in [2.75, 3.05) is 0 Å². The fourth-order valence-electron chi connectivity index (χ4n) is 3.36. The quantitative estimate of drug-likeness (QED) is 0.331. The van der Waals surface area contributed by atoms with E-state index in [9.17, 15) is 23.1 Å². The van der Waals surface area contributed by atoms with Crippen molar-refractivity contribution < 1.29 is 18.3 Å². The van der Waals surface area contributed by atoms with Crippen molar-refractivity contribution in [3.8, 4) is 11.6 Å². The van der Waals surface area contributed by atoms with Crippen molar-refractivity contribution in [3.05, 3.63) is 98.3 Å². The highest BCUT2D eigenvalue weighted by molar-refractivity contribution is 6.38. The molecule has 0 spiro atoms. The molecular formula is C23H13Cl2F3N2O2. The molecule has 32 heavy (non-hydrogen) atoms. The molecule has 162 valence electrons. The first-order chi connectivity index (χ1) is 15.2. The Hall–Kier alpha value is -3.29. The average Bonchev–Trinajstić information content (AvgIpc) is 2.75. The highest BCUT2D eigenvalue weighted by Crippen LogP contribution is 2.37. The first-order valence-electron chi connectivity index (χ1n) is 9.21. The summed E-state index contributed by atoms with van der Waals surface area (Å²) >= 11 is 12.3. The van der Waals surface area contributed by atoms with E-state index in [1.54, 1.807) is 36.4 Å². The van der Waals surface area contributed by atoms with Crippen LogP contribution in [0.3, 0.4) is 0 Å². The van der Waals surface area contributed by atoms with Crippen LogP contribution in [0.1, 0.15) is 11.1 Å². The summed E-state index contributed by atoms with van der Waals surface area (Å²) in [5.74, 6) is -0.697. The Morgan fingerprint density at radius 3 is 2.12 bits per heavy atom. The minimum absolute atomic E-state index is 0.0353. The number of benzene rings is 3. The molecule has 9 heteroatoms. The van der Waals surface area contributed by atoms with Crippen molar-refractivity contribution in [1.82, 2.24) is 4.57 Å². The summed E-state index contributed by atoms with van der Waals surface area (Å²) in [7, 11) is 0. The van der Waals surface area contributed by atoms with Gasteiger partial charge in [-0.25, -0.2) is 4.57 Å². The van der Waals surface area contributed by atoms with Gasteiger partial charge in [0.25, 0.3) is 5.56 Å². The third kappa shape index (κ3) is 3.85. The number of fused-ring (bicyclic) bond motifs is 1. The fourth-order valence-corrected chi connectivity index (χ4v) is 3.86. The fraction of sp³-hybridized carbons (Fsp3) is 0.0435. The third-order valence-electron chi connectivity index (χ3n) is 4.81. The maximum absolute atomic E-state index is 13.6. The molecular weight excluding hydrogens is 464 g/mol. The molecule has 0 unspecified atom stereocenters. The van der Waals surface area contributed by atoms with Gasteiger partial charge in [-0.15, -0.1) is 0 Å². The standard InChI is InChI=1S/C23H13Cl2F3N2O2/c24-17-9-5-10-18(25)20(17)29-12-15-13-6-1-2-7-14(13)21(31)30(22(15)32)19-11-4-3-8-16(19)23(26,27)28/h1-12,32H. The molecule has 1 N–H and O–H groups in total. The number of aromatic hydroxyl groups is 1. The van der Waals surface area contributed by atoms with Gasteiger partial charge in [-0.2, -0.15) is 13.2 Å². The van der Waals surface area contributed by atoms with Crippen LogP contribution in [0.2, 0.25) is 10.0 Å². The summed E-state index contributed by atoms with van der Waals surface area (Å²) in [5, 5.41) is 11.9. The van der Waals surface area contributed by atoms with E-state index in [0.717, 1.165) is 12.1 Å². The van der Waals surface area contributed by atoms with E-state index in [-0.39, 0.29) is 26.7 Å². The Morgan fingerprint density at radius 1 is 0.875 bits per heavy atom. The van der Waals surface area contributed by atoms with E-state index in [4.69, 9.17) is 23.2 Å². The van der Waals surface area contributed by atoms with E-state index in [1.165, 1.54) is 24.4 Å². The first kappa shape index (κ1) is 21.9. The van der Waals surface area contributed by atoms with E-state index < -0.39 is 28.9 Å². The maximum atomic E-state index is 13.6. The number of hydrogen-bond acceptors (Lipinski definition) is 3. The summed E-state index contributed by atoms with van der Waals surface area (Å²) < 4.78 is 41.5. The molecule has 0 aliphatic carbocycles. The van der Waals surface area contributed by atoms with Crippen LogP contribution in [0.4, 0.5) is 18.9 Å². The Labute approximate surface area is 189 Å². The minimum Gasteiger partial charge on any atom is -0.494 e. The van der Waals surface area contributed by atoms with Crippen LogP contribution in [0, 0.1) is 0 Å². The lowest BCUT2D eigenvalue weighted by Gasteiger charge is -2.18. The highest BCUT2D eigenvalue weighted by atomic mass is 35.5.